The van der Waals surface area contributed by atoms with E-state index in [1.54, 1.807) is 0 Å². The summed E-state index contributed by atoms with van der Waals surface area (Å²) in [6, 6.07) is 8.17. The van der Waals surface area contributed by atoms with Crippen LogP contribution in [0.2, 0.25) is 0 Å². The molecule has 4 nitrogen and oxygen atoms in total. The molecular weight excluding hydrogens is 240 g/mol. The van der Waals surface area contributed by atoms with Gasteiger partial charge in [-0.2, -0.15) is 0 Å². The first-order valence-electron chi connectivity index (χ1n) is 6.99. The highest BCUT2D eigenvalue weighted by Crippen LogP contribution is 2.27. The second kappa shape index (κ2) is 5.31. The number of hydrogen-bond acceptors (Lipinski definition) is 3. The Bertz CT molecular complexity index is 458. The van der Waals surface area contributed by atoms with E-state index in [-0.39, 0.29) is 12.5 Å². The number of benzene rings is 1. The van der Waals surface area contributed by atoms with Gasteiger partial charge in [-0.25, -0.2) is 0 Å². The smallest absolute Gasteiger partial charge is 0.227 e. The van der Waals surface area contributed by atoms with Gasteiger partial charge >= 0.3 is 0 Å². The summed E-state index contributed by atoms with van der Waals surface area (Å²) in [5.41, 5.74) is 2.04. The van der Waals surface area contributed by atoms with E-state index in [2.05, 4.69) is 5.32 Å². The molecule has 0 spiro atoms. The van der Waals surface area contributed by atoms with Crippen LogP contribution in [0.3, 0.4) is 0 Å². The van der Waals surface area contributed by atoms with Crippen LogP contribution in [0, 0.1) is 5.92 Å². The van der Waals surface area contributed by atoms with Crippen molar-refractivity contribution in [3.05, 3.63) is 35.4 Å². The fourth-order valence-corrected chi connectivity index (χ4v) is 3.12. The molecule has 1 aromatic carbocycles. The van der Waals surface area contributed by atoms with Crippen molar-refractivity contribution in [3.63, 3.8) is 0 Å². The van der Waals surface area contributed by atoms with Crippen LogP contribution in [-0.4, -0.2) is 35.0 Å². The molecule has 0 radical (unpaired) electrons. The Balaban J connectivity index is 1.67. The zero-order chi connectivity index (χ0) is 13.2. The molecule has 0 saturated carbocycles. The monoisotopic (exact) mass is 260 g/mol. The van der Waals surface area contributed by atoms with Gasteiger partial charge in [0, 0.05) is 19.1 Å². The molecule has 0 aliphatic carbocycles. The van der Waals surface area contributed by atoms with Crippen molar-refractivity contribution >= 4 is 5.91 Å². The van der Waals surface area contributed by atoms with Crippen LogP contribution in [0.15, 0.2) is 24.3 Å². The van der Waals surface area contributed by atoms with Crippen molar-refractivity contribution in [1.29, 1.82) is 0 Å². The van der Waals surface area contributed by atoms with E-state index >= 15 is 0 Å². The highest BCUT2D eigenvalue weighted by atomic mass is 16.3. The molecule has 2 aliphatic heterocycles. The predicted molar refractivity (Wildman–Crippen MR) is 72.3 cm³/mol. The molecule has 2 aliphatic rings. The number of fused-ring (bicyclic) bond motifs is 1. The Morgan fingerprint density at radius 1 is 1.26 bits per heavy atom. The number of likely N-dealkylation sites (tertiary alicyclic amines) is 1. The van der Waals surface area contributed by atoms with E-state index in [0.717, 1.165) is 37.1 Å². The number of nitrogens with zero attached hydrogens (tertiary/aromatic N) is 1. The maximum Gasteiger partial charge on any atom is 0.227 e. The number of amides is 1. The van der Waals surface area contributed by atoms with Gasteiger partial charge in [0.2, 0.25) is 5.91 Å². The predicted octanol–water partition coefficient (Wildman–Crippen LogP) is 0.889. The molecular formula is C15H20N2O2. The summed E-state index contributed by atoms with van der Waals surface area (Å²) in [6.07, 6.45) is 2.13. The van der Waals surface area contributed by atoms with Crippen LogP contribution in [0.4, 0.5) is 0 Å². The second-order valence-electron chi connectivity index (χ2n) is 5.50. The number of piperidine rings is 1. The lowest BCUT2D eigenvalue weighted by Crippen LogP contribution is -2.41. The average Bonchev–Trinajstić information content (AvgIpc) is 2.77. The van der Waals surface area contributed by atoms with E-state index < -0.39 is 0 Å². The van der Waals surface area contributed by atoms with Gasteiger partial charge in [-0.1, -0.05) is 24.3 Å². The van der Waals surface area contributed by atoms with Gasteiger partial charge in [-0.3, -0.25) is 4.79 Å². The minimum atomic E-state index is 0.0665. The molecule has 2 heterocycles. The van der Waals surface area contributed by atoms with Gasteiger partial charge in [0.05, 0.1) is 12.5 Å². The van der Waals surface area contributed by atoms with Gasteiger partial charge in [0.1, 0.15) is 0 Å². The van der Waals surface area contributed by atoms with Crippen LogP contribution in [-0.2, 0) is 17.9 Å². The molecule has 2 N–H and O–H groups in total. The van der Waals surface area contributed by atoms with Gasteiger partial charge in [-0.05, 0) is 30.5 Å². The summed E-state index contributed by atoms with van der Waals surface area (Å²) in [5.74, 6) is 0.480. The molecule has 1 aromatic rings. The summed E-state index contributed by atoms with van der Waals surface area (Å²) in [7, 11) is 0. The summed E-state index contributed by atoms with van der Waals surface area (Å²) < 4.78 is 0. The van der Waals surface area contributed by atoms with Crippen molar-refractivity contribution in [1.82, 2.24) is 10.2 Å². The molecule has 2 fully saturated rings. The summed E-state index contributed by atoms with van der Waals surface area (Å²) in [5, 5.41) is 12.5. The Kier molecular flexibility index (Phi) is 3.53. The summed E-state index contributed by atoms with van der Waals surface area (Å²) in [6.45, 7) is 2.61. The molecule has 3 rings (SSSR count). The fourth-order valence-electron chi connectivity index (χ4n) is 3.12. The maximum atomic E-state index is 12.3. The van der Waals surface area contributed by atoms with Crippen molar-refractivity contribution in [2.24, 2.45) is 5.92 Å². The molecule has 19 heavy (non-hydrogen) atoms. The molecule has 0 bridgehead atoms. The third-order valence-electron chi connectivity index (χ3n) is 4.21. The zero-order valence-electron chi connectivity index (χ0n) is 11.0. The van der Waals surface area contributed by atoms with Crippen LogP contribution in [0.1, 0.15) is 24.0 Å². The topological polar surface area (TPSA) is 52.6 Å². The fraction of sp³-hybridized carbons (Fsp3) is 0.533. The number of aliphatic hydroxyl groups excluding tert-OH is 1. The first-order valence-corrected chi connectivity index (χ1v) is 6.99. The largest absolute Gasteiger partial charge is 0.392 e. The number of carbonyl (C=O) groups is 1. The summed E-state index contributed by atoms with van der Waals surface area (Å²) >= 11 is 0. The minimum Gasteiger partial charge on any atom is -0.392 e. The number of rotatable bonds is 3. The van der Waals surface area contributed by atoms with Crippen LogP contribution >= 0.6 is 0 Å². The summed E-state index contributed by atoms with van der Waals surface area (Å²) in [4.78, 5) is 14.3. The lowest BCUT2D eigenvalue weighted by atomic mass is 9.94. The number of nitrogens with one attached hydrogen (secondary N) is 1. The average molecular weight is 260 g/mol. The number of hydrogen-bond donors (Lipinski definition) is 2. The van der Waals surface area contributed by atoms with E-state index in [0.29, 0.717) is 18.5 Å². The third kappa shape index (κ3) is 2.51. The van der Waals surface area contributed by atoms with Crippen molar-refractivity contribution in [2.75, 3.05) is 13.1 Å². The lowest BCUT2D eigenvalue weighted by molar-refractivity contribution is -0.131. The number of carbonyl (C=O) groups excluding carboxylic acids is 1. The van der Waals surface area contributed by atoms with Crippen LogP contribution < -0.4 is 5.32 Å². The molecule has 4 heteroatoms. The quantitative estimate of drug-likeness (QED) is 0.848. The van der Waals surface area contributed by atoms with Crippen molar-refractivity contribution in [2.45, 2.75) is 32.0 Å². The maximum absolute atomic E-state index is 12.3. The Morgan fingerprint density at radius 3 is 2.68 bits per heavy atom. The number of aliphatic hydroxyl groups is 1. The van der Waals surface area contributed by atoms with Gasteiger partial charge in [-0.15, -0.1) is 0 Å². The Morgan fingerprint density at radius 2 is 2.00 bits per heavy atom. The SMILES string of the molecule is O=C1C2CCCNC2CN1Cc1ccc(CO)cc1. The molecule has 2 atom stereocenters. The first-order chi connectivity index (χ1) is 9.28. The molecule has 2 unspecified atom stereocenters. The van der Waals surface area contributed by atoms with Crippen molar-refractivity contribution in [3.8, 4) is 0 Å². The van der Waals surface area contributed by atoms with E-state index in [9.17, 15) is 4.79 Å². The van der Waals surface area contributed by atoms with Gasteiger partial charge in [0.25, 0.3) is 0 Å². The normalized spacial score (nSPS) is 26.6. The van der Waals surface area contributed by atoms with Crippen molar-refractivity contribution < 1.29 is 9.90 Å². The first kappa shape index (κ1) is 12.6. The molecule has 102 valence electrons. The Labute approximate surface area is 113 Å². The highest BCUT2D eigenvalue weighted by Gasteiger charge is 2.40. The highest BCUT2D eigenvalue weighted by molar-refractivity contribution is 5.82. The zero-order valence-corrected chi connectivity index (χ0v) is 11.0. The molecule has 1 amide bonds. The molecule has 2 saturated heterocycles. The minimum absolute atomic E-state index is 0.0665. The third-order valence-corrected chi connectivity index (χ3v) is 4.21. The van der Waals surface area contributed by atoms with E-state index in [1.165, 1.54) is 0 Å². The van der Waals surface area contributed by atoms with Crippen LogP contribution in [0.5, 0.6) is 0 Å². The van der Waals surface area contributed by atoms with Gasteiger partial charge in [0.15, 0.2) is 0 Å². The van der Waals surface area contributed by atoms with Gasteiger partial charge < -0.3 is 15.3 Å². The van der Waals surface area contributed by atoms with E-state index in [4.69, 9.17) is 5.11 Å². The van der Waals surface area contributed by atoms with E-state index in [1.807, 2.05) is 29.2 Å². The van der Waals surface area contributed by atoms with Crippen LogP contribution in [0.25, 0.3) is 0 Å². The second-order valence-corrected chi connectivity index (χ2v) is 5.50. The lowest BCUT2D eigenvalue weighted by Gasteiger charge is -2.23. The Hall–Kier alpha value is -1.39. The molecule has 0 aromatic heterocycles. The standard InChI is InChI=1S/C15H20N2O2/c18-10-12-5-3-11(4-6-12)8-17-9-14-13(15(17)19)2-1-7-16-14/h3-6,13-14,16,18H,1-2,7-10H2.